The molecule has 132 valence electrons. The van der Waals surface area contributed by atoms with E-state index in [9.17, 15) is 9.18 Å². The SMILES string of the molecule is O=C(Nc1ccccc1Oc1ccccc1)C(Br)Cc1ccccc1F. The molecule has 3 aromatic rings. The van der Waals surface area contributed by atoms with Crippen molar-refractivity contribution in [3.8, 4) is 11.5 Å². The third kappa shape index (κ3) is 4.70. The summed E-state index contributed by atoms with van der Waals surface area (Å²) < 4.78 is 19.6. The van der Waals surface area contributed by atoms with Gasteiger partial charge >= 0.3 is 0 Å². The molecule has 0 heterocycles. The molecule has 3 rings (SSSR count). The number of anilines is 1. The van der Waals surface area contributed by atoms with E-state index in [2.05, 4.69) is 21.2 Å². The Hall–Kier alpha value is -2.66. The second-order valence-electron chi connectivity index (χ2n) is 5.66. The first-order chi connectivity index (χ1) is 12.6. The van der Waals surface area contributed by atoms with E-state index < -0.39 is 4.83 Å². The number of carbonyl (C=O) groups is 1. The van der Waals surface area contributed by atoms with Crippen molar-refractivity contribution in [2.75, 3.05) is 5.32 Å². The number of alkyl halides is 1. The molecule has 3 nitrogen and oxygen atoms in total. The Kier molecular flexibility index (Phi) is 6.02. The maximum absolute atomic E-state index is 13.8. The number of halogens is 2. The Morgan fingerprint density at radius 1 is 0.962 bits per heavy atom. The predicted octanol–water partition coefficient (Wildman–Crippen LogP) is 5.56. The summed E-state index contributed by atoms with van der Waals surface area (Å²) in [5.41, 5.74) is 1.04. The van der Waals surface area contributed by atoms with Gasteiger partial charge in [-0.2, -0.15) is 0 Å². The summed E-state index contributed by atoms with van der Waals surface area (Å²) >= 11 is 3.34. The molecule has 1 atom stereocenters. The summed E-state index contributed by atoms with van der Waals surface area (Å²) in [4.78, 5) is 11.9. The van der Waals surface area contributed by atoms with Crippen LogP contribution in [0.15, 0.2) is 78.9 Å². The topological polar surface area (TPSA) is 38.3 Å². The first-order valence-electron chi connectivity index (χ1n) is 8.14. The van der Waals surface area contributed by atoms with Crippen molar-refractivity contribution in [1.82, 2.24) is 0 Å². The summed E-state index contributed by atoms with van der Waals surface area (Å²) in [5, 5.41) is 2.84. The van der Waals surface area contributed by atoms with Gasteiger partial charge in [-0.1, -0.05) is 64.5 Å². The van der Waals surface area contributed by atoms with Crippen molar-refractivity contribution in [2.24, 2.45) is 0 Å². The molecule has 5 heteroatoms. The molecular weight excluding hydrogens is 397 g/mol. The van der Waals surface area contributed by atoms with E-state index in [4.69, 9.17) is 4.74 Å². The molecule has 0 radical (unpaired) electrons. The molecule has 0 aliphatic carbocycles. The van der Waals surface area contributed by atoms with Crippen molar-refractivity contribution in [2.45, 2.75) is 11.2 Å². The summed E-state index contributed by atoms with van der Waals surface area (Å²) in [6.45, 7) is 0. The first-order valence-corrected chi connectivity index (χ1v) is 9.05. The van der Waals surface area contributed by atoms with Crippen molar-refractivity contribution < 1.29 is 13.9 Å². The van der Waals surface area contributed by atoms with E-state index in [1.54, 1.807) is 30.3 Å². The van der Waals surface area contributed by atoms with Gasteiger partial charge in [-0.05, 0) is 42.3 Å². The molecule has 0 saturated carbocycles. The Balaban J connectivity index is 1.70. The van der Waals surface area contributed by atoms with Crippen LogP contribution in [0.25, 0.3) is 0 Å². The summed E-state index contributed by atoms with van der Waals surface area (Å²) in [7, 11) is 0. The summed E-state index contributed by atoms with van der Waals surface area (Å²) in [6.07, 6.45) is 0.250. The second-order valence-corrected chi connectivity index (χ2v) is 6.77. The average molecular weight is 414 g/mol. The van der Waals surface area contributed by atoms with Gasteiger partial charge in [0.25, 0.3) is 0 Å². The number of hydrogen-bond acceptors (Lipinski definition) is 2. The third-order valence-electron chi connectivity index (χ3n) is 3.76. The summed E-state index contributed by atoms with van der Waals surface area (Å²) in [6, 6.07) is 22.9. The fourth-order valence-corrected chi connectivity index (χ4v) is 2.90. The quantitative estimate of drug-likeness (QED) is 0.536. The molecular formula is C21H17BrFNO2. The number of amides is 1. The van der Waals surface area contributed by atoms with E-state index in [0.29, 0.717) is 22.7 Å². The molecule has 26 heavy (non-hydrogen) atoms. The number of rotatable bonds is 6. The number of para-hydroxylation sites is 3. The minimum absolute atomic E-state index is 0.250. The van der Waals surface area contributed by atoms with E-state index in [1.807, 2.05) is 42.5 Å². The zero-order valence-corrected chi connectivity index (χ0v) is 15.4. The molecule has 1 amide bonds. The van der Waals surface area contributed by atoms with Crippen molar-refractivity contribution in [3.63, 3.8) is 0 Å². The van der Waals surface area contributed by atoms with Crippen LogP contribution in [-0.4, -0.2) is 10.7 Å². The highest BCUT2D eigenvalue weighted by Crippen LogP contribution is 2.29. The lowest BCUT2D eigenvalue weighted by Crippen LogP contribution is -2.25. The van der Waals surface area contributed by atoms with Crippen LogP contribution in [-0.2, 0) is 11.2 Å². The monoisotopic (exact) mass is 413 g/mol. The molecule has 1 unspecified atom stereocenters. The van der Waals surface area contributed by atoms with Crippen LogP contribution in [0.2, 0.25) is 0 Å². The van der Waals surface area contributed by atoms with E-state index >= 15 is 0 Å². The molecule has 0 spiro atoms. The number of nitrogens with one attached hydrogen (secondary N) is 1. The maximum atomic E-state index is 13.8. The van der Waals surface area contributed by atoms with Crippen LogP contribution < -0.4 is 10.1 Å². The second kappa shape index (κ2) is 8.63. The largest absolute Gasteiger partial charge is 0.455 e. The Labute approximate surface area is 159 Å². The summed E-state index contributed by atoms with van der Waals surface area (Å²) in [5.74, 6) is 0.628. The lowest BCUT2D eigenvalue weighted by atomic mass is 10.1. The highest BCUT2D eigenvalue weighted by molar-refractivity contribution is 9.10. The molecule has 0 saturated heterocycles. The predicted molar refractivity (Wildman–Crippen MR) is 104 cm³/mol. The lowest BCUT2D eigenvalue weighted by molar-refractivity contribution is -0.115. The van der Waals surface area contributed by atoms with E-state index in [-0.39, 0.29) is 18.1 Å². The van der Waals surface area contributed by atoms with Gasteiger partial charge in [0.05, 0.1) is 10.5 Å². The van der Waals surface area contributed by atoms with Gasteiger partial charge in [-0.25, -0.2) is 4.39 Å². The fraction of sp³-hybridized carbons (Fsp3) is 0.0952. The number of hydrogen-bond donors (Lipinski definition) is 1. The zero-order valence-electron chi connectivity index (χ0n) is 13.9. The number of carbonyl (C=O) groups excluding carboxylic acids is 1. The van der Waals surface area contributed by atoms with Crippen molar-refractivity contribution >= 4 is 27.5 Å². The smallest absolute Gasteiger partial charge is 0.238 e. The minimum Gasteiger partial charge on any atom is -0.455 e. The van der Waals surface area contributed by atoms with Crippen LogP contribution in [0.4, 0.5) is 10.1 Å². The average Bonchev–Trinajstić information content (AvgIpc) is 2.66. The Morgan fingerprint density at radius 3 is 2.38 bits per heavy atom. The van der Waals surface area contributed by atoms with Gasteiger partial charge in [0.2, 0.25) is 5.91 Å². The van der Waals surface area contributed by atoms with Gasteiger partial charge in [0, 0.05) is 0 Å². The highest BCUT2D eigenvalue weighted by Gasteiger charge is 2.18. The molecule has 0 aromatic heterocycles. The molecule has 0 aliphatic heterocycles. The fourth-order valence-electron chi connectivity index (χ4n) is 2.44. The standard InChI is InChI=1S/C21H17BrFNO2/c22-17(14-15-8-4-5-11-18(15)23)21(25)24-19-12-6-7-13-20(19)26-16-9-2-1-3-10-16/h1-13,17H,14H2,(H,24,25). The Bertz CT molecular complexity index is 886. The van der Waals surface area contributed by atoms with Crippen LogP contribution in [0.3, 0.4) is 0 Å². The first kappa shape index (κ1) is 18.1. The molecule has 3 aromatic carbocycles. The molecule has 0 fully saturated rings. The Morgan fingerprint density at radius 2 is 1.62 bits per heavy atom. The van der Waals surface area contributed by atoms with Gasteiger partial charge in [-0.15, -0.1) is 0 Å². The number of benzene rings is 3. The lowest BCUT2D eigenvalue weighted by Gasteiger charge is -2.15. The van der Waals surface area contributed by atoms with Crippen LogP contribution in [0.5, 0.6) is 11.5 Å². The van der Waals surface area contributed by atoms with Crippen LogP contribution in [0, 0.1) is 5.82 Å². The number of ether oxygens (including phenoxy) is 1. The molecule has 1 N–H and O–H groups in total. The van der Waals surface area contributed by atoms with Gasteiger partial charge in [-0.3, -0.25) is 4.79 Å². The van der Waals surface area contributed by atoms with Gasteiger partial charge in [0.15, 0.2) is 5.75 Å². The molecule has 0 bridgehead atoms. The minimum atomic E-state index is -0.566. The van der Waals surface area contributed by atoms with Gasteiger partial charge in [0.1, 0.15) is 11.6 Å². The molecule has 0 aliphatic rings. The van der Waals surface area contributed by atoms with E-state index in [1.165, 1.54) is 6.07 Å². The van der Waals surface area contributed by atoms with Gasteiger partial charge < -0.3 is 10.1 Å². The van der Waals surface area contributed by atoms with Crippen LogP contribution in [0.1, 0.15) is 5.56 Å². The third-order valence-corrected chi connectivity index (χ3v) is 4.50. The zero-order chi connectivity index (χ0) is 18.4. The van der Waals surface area contributed by atoms with Crippen LogP contribution >= 0.6 is 15.9 Å². The van der Waals surface area contributed by atoms with Crippen molar-refractivity contribution in [1.29, 1.82) is 0 Å². The normalized spacial score (nSPS) is 11.6. The highest BCUT2D eigenvalue weighted by atomic mass is 79.9. The van der Waals surface area contributed by atoms with E-state index in [0.717, 1.165) is 0 Å². The maximum Gasteiger partial charge on any atom is 0.238 e. The van der Waals surface area contributed by atoms with Crippen molar-refractivity contribution in [3.05, 3.63) is 90.2 Å².